The fraction of sp³-hybridized carbons (Fsp3) is 0.647. The Morgan fingerprint density at radius 3 is 2.58 bits per heavy atom. The molecule has 19 heavy (non-hydrogen) atoms. The van der Waals surface area contributed by atoms with Gasteiger partial charge < -0.3 is 0 Å². The Labute approximate surface area is 128 Å². The molecule has 0 amide bonds. The second-order valence-electron chi connectivity index (χ2n) is 5.82. The van der Waals surface area contributed by atoms with Crippen molar-refractivity contribution in [3.63, 3.8) is 0 Å². The third-order valence-electron chi connectivity index (χ3n) is 3.27. The van der Waals surface area contributed by atoms with Crippen LogP contribution >= 0.6 is 23.5 Å². The summed E-state index contributed by atoms with van der Waals surface area (Å²) in [6.45, 7) is 11.3. The van der Waals surface area contributed by atoms with Crippen molar-refractivity contribution < 1.29 is 0 Å². The highest BCUT2D eigenvalue weighted by Gasteiger charge is 2.28. The highest BCUT2D eigenvalue weighted by atomic mass is 32.2. The quantitative estimate of drug-likeness (QED) is 0.415. The Kier molecular flexibility index (Phi) is 7.38. The van der Waals surface area contributed by atoms with E-state index < -0.39 is 0 Å². The molecule has 1 saturated heterocycles. The lowest BCUT2D eigenvalue weighted by Gasteiger charge is -2.28. The Balaban J connectivity index is 2.55. The predicted octanol–water partition coefficient (Wildman–Crippen LogP) is 5.72. The van der Waals surface area contributed by atoms with Gasteiger partial charge in [0.25, 0.3) is 0 Å². The third-order valence-corrected chi connectivity index (χ3v) is 5.97. The van der Waals surface area contributed by atoms with E-state index in [4.69, 9.17) is 0 Å². The molecule has 0 spiro atoms. The van der Waals surface area contributed by atoms with Crippen LogP contribution in [0.5, 0.6) is 0 Å². The molecule has 1 rings (SSSR count). The van der Waals surface area contributed by atoms with Crippen LogP contribution in [0, 0.1) is 5.92 Å². The zero-order valence-corrected chi connectivity index (χ0v) is 14.6. The number of hydrogen-bond donors (Lipinski definition) is 0. The van der Waals surface area contributed by atoms with Gasteiger partial charge in [-0.2, -0.15) is 23.5 Å². The van der Waals surface area contributed by atoms with E-state index in [9.17, 15) is 0 Å². The summed E-state index contributed by atoms with van der Waals surface area (Å²) in [6.07, 6.45) is 12.1. The lowest BCUT2D eigenvalue weighted by atomic mass is 9.90. The second kappa shape index (κ2) is 8.26. The van der Waals surface area contributed by atoms with Crippen LogP contribution in [0.1, 0.15) is 41.0 Å². The lowest BCUT2D eigenvalue weighted by Crippen LogP contribution is -2.21. The summed E-state index contributed by atoms with van der Waals surface area (Å²) in [7, 11) is 0. The summed E-state index contributed by atoms with van der Waals surface area (Å²) in [5.74, 6) is 3.31. The van der Waals surface area contributed by atoms with E-state index in [-0.39, 0.29) is 0 Å². The lowest BCUT2D eigenvalue weighted by molar-refractivity contribution is 0.529. The Morgan fingerprint density at radius 1 is 1.37 bits per heavy atom. The van der Waals surface area contributed by atoms with E-state index in [1.807, 2.05) is 0 Å². The minimum atomic E-state index is 0.374. The van der Waals surface area contributed by atoms with Gasteiger partial charge in [0.05, 0.1) is 0 Å². The van der Waals surface area contributed by atoms with E-state index in [1.54, 1.807) is 0 Å². The minimum absolute atomic E-state index is 0.374. The molecular weight excluding hydrogens is 268 g/mol. The van der Waals surface area contributed by atoms with E-state index >= 15 is 0 Å². The molecule has 0 aromatic heterocycles. The van der Waals surface area contributed by atoms with Crippen molar-refractivity contribution in [2.45, 2.75) is 51.0 Å². The van der Waals surface area contributed by atoms with Crippen LogP contribution in [0.4, 0.5) is 0 Å². The fourth-order valence-electron chi connectivity index (χ4n) is 2.18. The van der Waals surface area contributed by atoms with E-state index in [0.29, 0.717) is 10.7 Å². The molecule has 0 N–H and O–H groups in total. The molecule has 0 saturated carbocycles. The Hall–Kier alpha value is -0.0800. The molecule has 0 radical (unpaired) electrons. The standard InChI is InChI=1S/C17H28S2/c1-6-8-10-15(9-7-2)14(3)11-17(4,5)19-13-16-12-18-16/h6-10,14,16H,11-13H2,1-5H3/b8-6-,9-7-,15-10+. The summed E-state index contributed by atoms with van der Waals surface area (Å²) in [5, 5.41) is 0.938. The summed E-state index contributed by atoms with van der Waals surface area (Å²) in [4.78, 5) is 0. The van der Waals surface area contributed by atoms with Gasteiger partial charge in [0, 0.05) is 21.5 Å². The molecule has 2 heteroatoms. The number of thioether (sulfide) groups is 2. The van der Waals surface area contributed by atoms with Crippen molar-refractivity contribution in [3.05, 3.63) is 36.0 Å². The molecule has 1 fully saturated rings. The van der Waals surface area contributed by atoms with Gasteiger partial charge in [0.15, 0.2) is 0 Å². The predicted molar refractivity (Wildman–Crippen MR) is 94.3 cm³/mol. The molecule has 1 heterocycles. The Bertz CT molecular complexity index is 346. The molecule has 0 aliphatic carbocycles. The fourth-order valence-corrected chi connectivity index (χ4v) is 4.30. The van der Waals surface area contributed by atoms with Gasteiger partial charge in [0.2, 0.25) is 0 Å². The maximum atomic E-state index is 2.39. The minimum Gasteiger partial charge on any atom is -0.156 e. The summed E-state index contributed by atoms with van der Waals surface area (Å²) in [6, 6.07) is 0. The van der Waals surface area contributed by atoms with Gasteiger partial charge in [-0.05, 0) is 31.8 Å². The van der Waals surface area contributed by atoms with Crippen LogP contribution in [-0.4, -0.2) is 21.5 Å². The van der Waals surface area contributed by atoms with Crippen molar-refractivity contribution in [1.29, 1.82) is 0 Å². The van der Waals surface area contributed by atoms with Crippen LogP contribution in [0.2, 0.25) is 0 Å². The summed E-state index contributed by atoms with van der Waals surface area (Å²) < 4.78 is 0.374. The van der Waals surface area contributed by atoms with E-state index in [0.717, 1.165) is 5.25 Å². The summed E-state index contributed by atoms with van der Waals surface area (Å²) in [5.41, 5.74) is 1.44. The van der Waals surface area contributed by atoms with E-state index in [2.05, 4.69) is 88.5 Å². The van der Waals surface area contributed by atoms with Crippen molar-refractivity contribution in [1.82, 2.24) is 0 Å². The second-order valence-corrected chi connectivity index (χ2v) is 8.88. The third kappa shape index (κ3) is 7.31. The zero-order chi connectivity index (χ0) is 14.3. The molecule has 2 atom stereocenters. The van der Waals surface area contributed by atoms with Crippen molar-refractivity contribution in [2.24, 2.45) is 5.92 Å². The van der Waals surface area contributed by atoms with Gasteiger partial charge in [-0.1, -0.05) is 51.2 Å². The van der Waals surface area contributed by atoms with Crippen LogP contribution in [0.25, 0.3) is 0 Å². The SMILES string of the molecule is C\C=C/C=C(\C=C/C)C(C)CC(C)(C)SCC1CS1. The van der Waals surface area contributed by atoms with Crippen LogP contribution in [0.3, 0.4) is 0 Å². The van der Waals surface area contributed by atoms with E-state index in [1.165, 1.54) is 23.5 Å². The molecular formula is C17H28S2. The van der Waals surface area contributed by atoms with Gasteiger partial charge >= 0.3 is 0 Å². The average Bonchev–Trinajstić information content (AvgIpc) is 3.15. The first kappa shape index (κ1) is 17.0. The molecule has 0 aromatic carbocycles. The molecule has 0 aromatic rings. The molecule has 1 aliphatic rings. The van der Waals surface area contributed by atoms with Crippen molar-refractivity contribution in [2.75, 3.05) is 11.5 Å². The first-order valence-electron chi connectivity index (χ1n) is 7.19. The largest absolute Gasteiger partial charge is 0.156 e. The first-order valence-corrected chi connectivity index (χ1v) is 9.23. The van der Waals surface area contributed by atoms with Crippen LogP contribution in [-0.2, 0) is 0 Å². The summed E-state index contributed by atoms with van der Waals surface area (Å²) >= 11 is 4.25. The van der Waals surface area contributed by atoms with Crippen LogP contribution in [0.15, 0.2) is 36.0 Å². The average molecular weight is 297 g/mol. The van der Waals surface area contributed by atoms with Gasteiger partial charge in [-0.15, -0.1) is 0 Å². The number of rotatable bonds is 8. The van der Waals surface area contributed by atoms with Gasteiger partial charge in [-0.3, -0.25) is 0 Å². The molecule has 0 nitrogen and oxygen atoms in total. The molecule has 108 valence electrons. The molecule has 2 unspecified atom stereocenters. The number of allylic oxidation sites excluding steroid dienone is 6. The zero-order valence-electron chi connectivity index (χ0n) is 13.0. The number of hydrogen-bond acceptors (Lipinski definition) is 2. The maximum Gasteiger partial charge on any atom is 0.0229 e. The highest BCUT2D eigenvalue weighted by Crippen LogP contribution is 2.40. The van der Waals surface area contributed by atoms with Crippen LogP contribution < -0.4 is 0 Å². The van der Waals surface area contributed by atoms with Crippen molar-refractivity contribution in [3.8, 4) is 0 Å². The van der Waals surface area contributed by atoms with Gasteiger partial charge in [0.1, 0.15) is 0 Å². The normalized spacial score (nSPS) is 22.4. The Morgan fingerprint density at radius 2 is 2.05 bits per heavy atom. The highest BCUT2D eigenvalue weighted by molar-refractivity contribution is 8.09. The monoisotopic (exact) mass is 296 g/mol. The molecule has 0 bridgehead atoms. The smallest absolute Gasteiger partial charge is 0.0229 e. The maximum absolute atomic E-state index is 2.39. The van der Waals surface area contributed by atoms with Crippen molar-refractivity contribution >= 4 is 23.5 Å². The van der Waals surface area contributed by atoms with Gasteiger partial charge in [-0.25, -0.2) is 0 Å². The first-order chi connectivity index (χ1) is 8.98. The molecule has 1 aliphatic heterocycles. The topological polar surface area (TPSA) is 0 Å².